The zero-order valence-corrected chi connectivity index (χ0v) is 8.50. The van der Waals surface area contributed by atoms with Crippen LogP contribution in [-0.4, -0.2) is 32.3 Å². The van der Waals surface area contributed by atoms with Gasteiger partial charge in [-0.3, -0.25) is 0 Å². The first-order valence-electron chi connectivity index (χ1n) is 5.15. The van der Waals surface area contributed by atoms with Crippen molar-refractivity contribution in [1.29, 1.82) is 0 Å². The van der Waals surface area contributed by atoms with Crippen molar-refractivity contribution in [3.8, 4) is 0 Å². The summed E-state index contributed by atoms with van der Waals surface area (Å²) in [5.41, 5.74) is 0.808. The van der Waals surface area contributed by atoms with Crippen molar-refractivity contribution < 1.29 is 9.13 Å². The lowest BCUT2D eigenvalue weighted by Gasteiger charge is -2.24. The van der Waals surface area contributed by atoms with Crippen LogP contribution in [0.5, 0.6) is 0 Å². The number of hydrogen-bond acceptors (Lipinski definition) is 3. The topological polar surface area (TPSA) is 33.3 Å². The zero-order valence-electron chi connectivity index (χ0n) is 8.50. The molecule has 1 aromatic rings. The van der Waals surface area contributed by atoms with Crippen LogP contribution in [0.3, 0.4) is 0 Å². The van der Waals surface area contributed by atoms with Gasteiger partial charge in [-0.15, -0.1) is 0 Å². The Morgan fingerprint density at radius 1 is 1.53 bits per heavy atom. The molecule has 0 aliphatic carbocycles. The number of morpholine rings is 1. The molecule has 1 unspecified atom stereocenters. The summed E-state index contributed by atoms with van der Waals surface area (Å²) in [7, 11) is 0. The lowest BCUT2D eigenvalue weighted by Crippen LogP contribution is -2.45. The van der Waals surface area contributed by atoms with Gasteiger partial charge >= 0.3 is 0 Å². The quantitative estimate of drug-likeness (QED) is 0.787. The molecule has 1 heterocycles. The largest absolute Gasteiger partial charge is 0.383 e. The first-order chi connectivity index (χ1) is 7.34. The minimum absolute atomic E-state index is 0.215. The Hall–Kier alpha value is -1.13. The summed E-state index contributed by atoms with van der Waals surface area (Å²) in [5.74, 6) is -0.215. The molecule has 82 valence electrons. The van der Waals surface area contributed by atoms with E-state index in [4.69, 9.17) is 4.74 Å². The molecule has 0 amide bonds. The molecule has 0 saturated carbocycles. The SMILES string of the molecule is Fc1cccc(NCC2COCCN2)c1. The number of hydrogen-bond donors (Lipinski definition) is 2. The van der Waals surface area contributed by atoms with E-state index < -0.39 is 0 Å². The van der Waals surface area contributed by atoms with Crippen molar-refractivity contribution in [2.24, 2.45) is 0 Å². The maximum atomic E-state index is 12.9. The van der Waals surface area contributed by atoms with Crippen molar-refractivity contribution in [1.82, 2.24) is 5.32 Å². The fraction of sp³-hybridized carbons (Fsp3) is 0.455. The first-order valence-corrected chi connectivity index (χ1v) is 5.15. The highest BCUT2D eigenvalue weighted by molar-refractivity contribution is 5.43. The summed E-state index contributed by atoms with van der Waals surface area (Å²) in [6, 6.07) is 6.79. The second-order valence-electron chi connectivity index (χ2n) is 3.62. The van der Waals surface area contributed by atoms with Crippen LogP contribution in [0.4, 0.5) is 10.1 Å². The second kappa shape index (κ2) is 5.09. The zero-order chi connectivity index (χ0) is 10.5. The highest BCUT2D eigenvalue weighted by Gasteiger charge is 2.11. The van der Waals surface area contributed by atoms with Gasteiger partial charge in [-0.25, -0.2) is 4.39 Å². The van der Waals surface area contributed by atoms with Crippen molar-refractivity contribution >= 4 is 5.69 Å². The van der Waals surface area contributed by atoms with E-state index in [1.165, 1.54) is 12.1 Å². The van der Waals surface area contributed by atoms with Gasteiger partial charge in [0.15, 0.2) is 0 Å². The fourth-order valence-corrected chi connectivity index (χ4v) is 1.59. The van der Waals surface area contributed by atoms with Crippen LogP contribution in [-0.2, 0) is 4.74 Å². The van der Waals surface area contributed by atoms with Gasteiger partial charge in [0.25, 0.3) is 0 Å². The molecule has 1 atom stereocenters. The number of halogens is 1. The van der Waals surface area contributed by atoms with Crippen LogP contribution >= 0.6 is 0 Å². The first kappa shape index (κ1) is 10.4. The van der Waals surface area contributed by atoms with Gasteiger partial charge < -0.3 is 15.4 Å². The molecule has 1 fully saturated rings. The average molecular weight is 210 g/mol. The predicted molar refractivity (Wildman–Crippen MR) is 57.5 cm³/mol. The maximum absolute atomic E-state index is 12.9. The number of ether oxygens (including phenoxy) is 1. The van der Waals surface area contributed by atoms with Crippen molar-refractivity contribution in [3.63, 3.8) is 0 Å². The number of nitrogens with one attached hydrogen (secondary N) is 2. The van der Waals surface area contributed by atoms with Crippen LogP contribution in [0, 0.1) is 5.82 Å². The highest BCUT2D eigenvalue weighted by atomic mass is 19.1. The van der Waals surface area contributed by atoms with E-state index in [0.29, 0.717) is 12.6 Å². The van der Waals surface area contributed by atoms with Crippen LogP contribution in [0.15, 0.2) is 24.3 Å². The molecule has 3 nitrogen and oxygen atoms in total. The van der Waals surface area contributed by atoms with E-state index in [1.807, 2.05) is 6.07 Å². The van der Waals surface area contributed by atoms with E-state index in [9.17, 15) is 4.39 Å². The molecule has 1 aliphatic rings. The van der Waals surface area contributed by atoms with E-state index >= 15 is 0 Å². The molecule has 1 aromatic carbocycles. The molecule has 0 radical (unpaired) electrons. The van der Waals surface area contributed by atoms with Gasteiger partial charge in [0.2, 0.25) is 0 Å². The molecule has 0 aromatic heterocycles. The van der Waals surface area contributed by atoms with Gasteiger partial charge in [-0.2, -0.15) is 0 Å². The Kier molecular flexibility index (Phi) is 3.53. The van der Waals surface area contributed by atoms with Crippen LogP contribution < -0.4 is 10.6 Å². The van der Waals surface area contributed by atoms with Crippen LogP contribution in [0.2, 0.25) is 0 Å². The molecule has 0 spiro atoms. The summed E-state index contributed by atoms with van der Waals surface area (Å²) in [5, 5.41) is 6.50. The number of rotatable bonds is 3. The Morgan fingerprint density at radius 2 is 2.47 bits per heavy atom. The smallest absolute Gasteiger partial charge is 0.125 e. The van der Waals surface area contributed by atoms with E-state index in [1.54, 1.807) is 6.07 Å². The molecule has 15 heavy (non-hydrogen) atoms. The van der Waals surface area contributed by atoms with Gasteiger partial charge in [-0.1, -0.05) is 6.07 Å². The highest BCUT2D eigenvalue weighted by Crippen LogP contribution is 2.09. The standard InChI is InChI=1S/C11H15FN2O/c12-9-2-1-3-10(6-9)14-7-11-8-15-5-4-13-11/h1-3,6,11,13-14H,4-5,7-8H2. The molecule has 0 bridgehead atoms. The van der Waals surface area contributed by atoms with E-state index in [0.717, 1.165) is 25.4 Å². The Balaban J connectivity index is 1.81. The molecule has 1 saturated heterocycles. The fourth-order valence-electron chi connectivity index (χ4n) is 1.59. The average Bonchev–Trinajstić information content (AvgIpc) is 2.28. The van der Waals surface area contributed by atoms with Crippen molar-refractivity contribution in [2.45, 2.75) is 6.04 Å². The van der Waals surface area contributed by atoms with E-state index in [2.05, 4.69) is 10.6 Å². The van der Waals surface area contributed by atoms with Gasteiger partial charge in [-0.05, 0) is 18.2 Å². The summed E-state index contributed by atoms with van der Waals surface area (Å²) in [6.45, 7) is 3.12. The van der Waals surface area contributed by atoms with E-state index in [-0.39, 0.29) is 5.82 Å². The number of anilines is 1. The third-order valence-electron chi connectivity index (χ3n) is 2.38. The summed E-state index contributed by atoms with van der Waals surface area (Å²) in [4.78, 5) is 0. The normalized spacial score (nSPS) is 21.3. The predicted octanol–water partition coefficient (Wildman–Crippen LogP) is 1.23. The molecule has 2 rings (SSSR count). The molecular formula is C11H15FN2O. The monoisotopic (exact) mass is 210 g/mol. The van der Waals surface area contributed by atoms with Crippen LogP contribution in [0.25, 0.3) is 0 Å². The maximum Gasteiger partial charge on any atom is 0.125 e. The van der Waals surface area contributed by atoms with Crippen molar-refractivity contribution in [2.75, 3.05) is 31.6 Å². The third-order valence-corrected chi connectivity index (χ3v) is 2.38. The summed E-state index contributed by atoms with van der Waals surface area (Å²) < 4.78 is 18.2. The molecule has 1 aliphatic heterocycles. The minimum atomic E-state index is -0.215. The van der Waals surface area contributed by atoms with Crippen molar-refractivity contribution in [3.05, 3.63) is 30.1 Å². The Labute approximate surface area is 88.6 Å². The molecule has 4 heteroatoms. The van der Waals surface area contributed by atoms with Crippen LogP contribution in [0.1, 0.15) is 0 Å². The second-order valence-corrected chi connectivity index (χ2v) is 3.62. The minimum Gasteiger partial charge on any atom is -0.383 e. The lowest BCUT2D eigenvalue weighted by atomic mass is 10.2. The van der Waals surface area contributed by atoms with Gasteiger partial charge in [0, 0.05) is 24.8 Å². The Bertz CT molecular complexity index is 313. The van der Waals surface area contributed by atoms with Gasteiger partial charge in [0.05, 0.1) is 13.2 Å². The van der Waals surface area contributed by atoms with Gasteiger partial charge in [0.1, 0.15) is 5.82 Å². The molecule has 2 N–H and O–H groups in total. The summed E-state index contributed by atoms with van der Waals surface area (Å²) >= 11 is 0. The third kappa shape index (κ3) is 3.18. The Morgan fingerprint density at radius 3 is 3.20 bits per heavy atom. The lowest BCUT2D eigenvalue weighted by molar-refractivity contribution is 0.0806. The summed E-state index contributed by atoms with van der Waals surface area (Å²) in [6.07, 6.45) is 0. The molecular weight excluding hydrogens is 195 g/mol. The number of benzene rings is 1.